The van der Waals surface area contributed by atoms with Crippen molar-refractivity contribution in [2.24, 2.45) is 5.73 Å². The van der Waals surface area contributed by atoms with E-state index in [4.69, 9.17) is 5.73 Å². The quantitative estimate of drug-likeness (QED) is 0.798. The van der Waals surface area contributed by atoms with Crippen LogP contribution in [0.15, 0.2) is 24.3 Å². The van der Waals surface area contributed by atoms with Gasteiger partial charge in [-0.05, 0) is 24.3 Å². The first kappa shape index (κ1) is 14.2. The Morgan fingerprint density at radius 1 is 1.22 bits per heavy atom. The first-order valence-electron chi connectivity index (χ1n) is 5.38. The van der Waals surface area contributed by atoms with Crippen LogP contribution < -0.4 is 11.1 Å². The maximum absolute atomic E-state index is 11.4. The van der Waals surface area contributed by atoms with E-state index in [2.05, 4.69) is 5.32 Å². The topological polar surface area (TPSA) is 89.3 Å². The lowest BCUT2D eigenvalue weighted by Crippen LogP contribution is -2.16. The molecule has 5 nitrogen and oxygen atoms in total. The molecule has 0 heterocycles. The molecule has 0 saturated carbocycles. The van der Waals surface area contributed by atoms with Crippen LogP contribution in [0.2, 0.25) is 0 Å². The van der Waals surface area contributed by atoms with Crippen LogP contribution in [0.4, 0.5) is 10.5 Å². The number of carbonyl (C=O) groups excluding carboxylic acids is 3. The van der Waals surface area contributed by atoms with Crippen LogP contribution in [-0.4, -0.2) is 22.7 Å². The minimum atomic E-state index is -0.589. The van der Waals surface area contributed by atoms with Crippen LogP contribution in [0.1, 0.15) is 23.7 Å². The number of hydrogen-bond acceptors (Lipinski definition) is 4. The molecule has 6 heteroatoms. The molecule has 18 heavy (non-hydrogen) atoms. The van der Waals surface area contributed by atoms with Gasteiger partial charge in [0.1, 0.15) is 0 Å². The normalized spacial score (nSPS) is 9.83. The van der Waals surface area contributed by atoms with Crippen molar-refractivity contribution in [1.82, 2.24) is 0 Å². The average molecular weight is 266 g/mol. The molecule has 0 radical (unpaired) electrons. The Balaban J connectivity index is 2.55. The van der Waals surface area contributed by atoms with E-state index < -0.39 is 5.24 Å². The number of Topliss-reactive ketones (excluding diaryl/α,β-unsaturated/α-hetero) is 1. The molecular weight excluding hydrogens is 252 g/mol. The van der Waals surface area contributed by atoms with Crippen molar-refractivity contribution in [3.63, 3.8) is 0 Å². The smallest absolute Gasteiger partial charge is 0.276 e. The molecule has 0 bridgehead atoms. The fraction of sp³-hybridized carbons (Fsp3) is 0.250. The first-order chi connectivity index (χ1) is 8.52. The number of carbonyl (C=O) groups is 3. The molecule has 1 aromatic carbocycles. The van der Waals surface area contributed by atoms with Gasteiger partial charge in [0.2, 0.25) is 5.91 Å². The van der Waals surface area contributed by atoms with Crippen LogP contribution in [0, 0.1) is 0 Å². The number of benzene rings is 1. The van der Waals surface area contributed by atoms with Crippen LogP contribution in [0.5, 0.6) is 0 Å². The molecule has 0 aliphatic carbocycles. The summed E-state index contributed by atoms with van der Waals surface area (Å²) in [5.41, 5.74) is 6.10. The van der Waals surface area contributed by atoms with E-state index in [-0.39, 0.29) is 17.4 Å². The zero-order chi connectivity index (χ0) is 13.5. The molecule has 0 aliphatic heterocycles. The lowest BCUT2D eigenvalue weighted by Gasteiger charge is -2.05. The molecule has 0 fully saturated rings. The second-order valence-corrected chi connectivity index (χ2v) is 4.49. The van der Waals surface area contributed by atoms with E-state index in [1.54, 1.807) is 31.2 Å². The van der Waals surface area contributed by atoms with Gasteiger partial charge in [-0.2, -0.15) is 0 Å². The number of nitrogens with two attached hydrogens (primary N) is 1. The Kier molecular flexibility index (Phi) is 5.38. The summed E-state index contributed by atoms with van der Waals surface area (Å²) in [6.45, 7) is 1.79. The van der Waals surface area contributed by atoms with Crippen molar-refractivity contribution in [1.29, 1.82) is 0 Å². The van der Waals surface area contributed by atoms with Crippen molar-refractivity contribution >= 4 is 34.4 Å². The maximum atomic E-state index is 11.4. The van der Waals surface area contributed by atoms with Crippen LogP contribution >= 0.6 is 11.8 Å². The van der Waals surface area contributed by atoms with Crippen molar-refractivity contribution in [3.05, 3.63) is 29.8 Å². The molecule has 3 N–H and O–H groups in total. The third kappa shape index (κ3) is 4.58. The Morgan fingerprint density at radius 3 is 2.33 bits per heavy atom. The van der Waals surface area contributed by atoms with Gasteiger partial charge in [0, 0.05) is 17.7 Å². The third-order valence-corrected chi connectivity index (χ3v) is 2.85. The van der Waals surface area contributed by atoms with Gasteiger partial charge in [0.05, 0.1) is 5.75 Å². The minimum absolute atomic E-state index is 0.0228. The van der Waals surface area contributed by atoms with E-state index in [0.717, 1.165) is 11.8 Å². The lowest BCUT2D eigenvalue weighted by atomic mass is 10.1. The summed E-state index contributed by atoms with van der Waals surface area (Å²) in [5, 5.41) is 2.01. The zero-order valence-electron chi connectivity index (χ0n) is 9.93. The van der Waals surface area contributed by atoms with Gasteiger partial charge >= 0.3 is 0 Å². The molecule has 0 aromatic heterocycles. The highest BCUT2D eigenvalue weighted by Gasteiger charge is 2.06. The third-order valence-electron chi connectivity index (χ3n) is 2.16. The average Bonchev–Trinajstić information content (AvgIpc) is 2.36. The molecule has 1 aromatic rings. The molecule has 0 atom stereocenters. The summed E-state index contributed by atoms with van der Waals surface area (Å²) in [6, 6.07) is 6.61. The first-order valence-corrected chi connectivity index (χ1v) is 6.37. The number of amides is 2. The van der Waals surface area contributed by atoms with Gasteiger partial charge < -0.3 is 11.1 Å². The van der Waals surface area contributed by atoms with E-state index in [9.17, 15) is 14.4 Å². The largest absolute Gasteiger partial charge is 0.361 e. The van der Waals surface area contributed by atoms with Crippen molar-refractivity contribution in [2.75, 3.05) is 11.1 Å². The monoisotopic (exact) mass is 266 g/mol. The number of anilines is 1. The Labute approximate surface area is 109 Å². The van der Waals surface area contributed by atoms with E-state index in [0.29, 0.717) is 17.7 Å². The molecule has 0 unspecified atom stereocenters. The molecule has 0 spiro atoms. The van der Waals surface area contributed by atoms with Crippen molar-refractivity contribution in [2.45, 2.75) is 13.3 Å². The minimum Gasteiger partial charge on any atom is -0.361 e. The predicted octanol–water partition coefficient (Wildman–Crippen LogP) is 2.03. The summed E-state index contributed by atoms with van der Waals surface area (Å²) in [7, 11) is 0. The zero-order valence-corrected chi connectivity index (χ0v) is 10.8. The van der Waals surface area contributed by atoms with Crippen molar-refractivity contribution in [3.8, 4) is 0 Å². The Bertz CT molecular complexity index is 457. The molecule has 96 valence electrons. The highest BCUT2D eigenvalue weighted by molar-refractivity contribution is 8.14. The molecule has 0 saturated heterocycles. The SMILES string of the molecule is CCC(=O)c1ccc(NC(=O)CSC(N)=O)cc1. The summed E-state index contributed by atoms with van der Waals surface area (Å²) in [6.07, 6.45) is 0.445. The van der Waals surface area contributed by atoms with Gasteiger partial charge in [0.15, 0.2) is 5.78 Å². The summed E-state index contributed by atoms with van der Waals surface area (Å²) >= 11 is 0.743. The van der Waals surface area contributed by atoms with Gasteiger partial charge in [0.25, 0.3) is 5.24 Å². The Hall–Kier alpha value is -1.82. The number of hydrogen-bond donors (Lipinski definition) is 2. The number of rotatable bonds is 5. The number of thioether (sulfide) groups is 1. The van der Waals surface area contributed by atoms with Gasteiger partial charge in [-0.15, -0.1) is 0 Å². The van der Waals surface area contributed by atoms with E-state index >= 15 is 0 Å². The predicted molar refractivity (Wildman–Crippen MR) is 71.7 cm³/mol. The van der Waals surface area contributed by atoms with Gasteiger partial charge in [-0.1, -0.05) is 18.7 Å². The second kappa shape index (κ2) is 6.80. The molecular formula is C12H14N2O3S. The van der Waals surface area contributed by atoms with Gasteiger partial charge in [-0.3, -0.25) is 14.4 Å². The van der Waals surface area contributed by atoms with Crippen LogP contribution in [0.25, 0.3) is 0 Å². The number of primary amides is 1. The van der Waals surface area contributed by atoms with Crippen LogP contribution in [0.3, 0.4) is 0 Å². The highest BCUT2D eigenvalue weighted by atomic mass is 32.2. The summed E-state index contributed by atoms with van der Waals surface area (Å²) in [5.74, 6) is -0.282. The molecule has 0 aliphatic rings. The molecule has 2 amide bonds. The lowest BCUT2D eigenvalue weighted by molar-refractivity contribution is -0.113. The number of ketones is 1. The fourth-order valence-corrected chi connectivity index (χ4v) is 1.62. The summed E-state index contributed by atoms with van der Waals surface area (Å²) in [4.78, 5) is 33.2. The number of nitrogens with one attached hydrogen (secondary N) is 1. The second-order valence-electron chi connectivity index (χ2n) is 3.51. The van der Waals surface area contributed by atoms with Gasteiger partial charge in [-0.25, -0.2) is 0 Å². The highest BCUT2D eigenvalue weighted by Crippen LogP contribution is 2.11. The van der Waals surface area contributed by atoms with E-state index in [1.165, 1.54) is 0 Å². The molecule has 1 rings (SSSR count). The summed E-state index contributed by atoms with van der Waals surface area (Å²) < 4.78 is 0. The van der Waals surface area contributed by atoms with E-state index in [1.807, 2.05) is 0 Å². The Morgan fingerprint density at radius 2 is 1.83 bits per heavy atom. The standard InChI is InChI=1S/C12H14N2O3S/c1-2-10(15)8-3-5-9(6-4-8)14-11(16)7-18-12(13)17/h3-6H,2,7H2,1H3,(H2,13,17)(H,14,16). The van der Waals surface area contributed by atoms with Crippen LogP contribution in [-0.2, 0) is 4.79 Å². The maximum Gasteiger partial charge on any atom is 0.276 e. The van der Waals surface area contributed by atoms with Crippen molar-refractivity contribution < 1.29 is 14.4 Å². The fourth-order valence-electron chi connectivity index (χ4n) is 1.28.